The van der Waals surface area contributed by atoms with Gasteiger partial charge in [0.05, 0.1) is 0 Å². The van der Waals surface area contributed by atoms with Crippen LogP contribution < -0.4 is 21.3 Å². The van der Waals surface area contributed by atoms with E-state index in [1.807, 2.05) is 92.7 Å². The molecule has 172 valence electrons. The summed E-state index contributed by atoms with van der Waals surface area (Å²) in [6.45, 7) is 5.71. The van der Waals surface area contributed by atoms with Crippen LogP contribution in [0.25, 0.3) is 0 Å². The third-order valence-corrected chi connectivity index (χ3v) is 5.09. The predicted molar refractivity (Wildman–Crippen MR) is 137 cm³/mol. The average Bonchev–Trinajstić information content (AvgIpc) is 2.82. The normalized spacial score (nSPS) is 11.4. The van der Waals surface area contributed by atoms with Crippen LogP contribution >= 0.6 is 0 Å². The maximum atomic E-state index is 12.9. The molecule has 0 radical (unpaired) electrons. The van der Waals surface area contributed by atoms with Gasteiger partial charge in [-0.15, -0.1) is 0 Å². The summed E-state index contributed by atoms with van der Waals surface area (Å²) in [4.78, 5) is 26.3. The van der Waals surface area contributed by atoms with E-state index < -0.39 is 6.04 Å². The van der Waals surface area contributed by atoms with Gasteiger partial charge in [0.15, 0.2) is 0 Å². The lowest BCUT2D eigenvalue weighted by molar-refractivity contribution is -0.116. The molecule has 4 N–H and O–H groups in total. The van der Waals surface area contributed by atoms with Gasteiger partial charge in [0.2, 0.25) is 23.8 Å². The van der Waals surface area contributed by atoms with Crippen LogP contribution in [0.1, 0.15) is 18.1 Å². The van der Waals surface area contributed by atoms with E-state index in [1.54, 1.807) is 6.92 Å². The van der Waals surface area contributed by atoms with Gasteiger partial charge in [-0.2, -0.15) is 15.0 Å². The Morgan fingerprint density at radius 1 is 0.735 bits per heavy atom. The van der Waals surface area contributed by atoms with E-state index in [1.165, 1.54) is 0 Å². The zero-order valence-corrected chi connectivity index (χ0v) is 19.3. The molecule has 0 unspecified atom stereocenters. The van der Waals surface area contributed by atoms with Crippen molar-refractivity contribution in [1.82, 2.24) is 15.0 Å². The highest BCUT2D eigenvalue weighted by Crippen LogP contribution is 2.20. The smallest absolute Gasteiger partial charge is 0.246 e. The molecule has 0 saturated heterocycles. The molecule has 34 heavy (non-hydrogen) atoms. The molecule has 1 heterocycles. The Morgan fingerprint density at radius 2 is 1.26 bits per heavy atom. The molecule has 3 aromatic carbocycles. The Labute approximate surface area is 198 Å². The molecule has 0 fully saturated rings. The van der Waals surface area contributed by atoms with Gasteiger partial charge in [0.25, 0.3) is 0 Å². The number of carbonyl (C=O) groups is 1. The van der Waals surface area contributed by atoms with Crippen LogP contribution in [0.4, 0.5) is 34.9 Å². The number of aryl methyl sites for hydroxylation is 2. The molecule has 0 bridgehead atoms. The highest BCUT2D eigenvalue weighted by molar-refractivity contribution is 5.96. The van der Waals surface area contributed by atoms with Gasteiger partial charge in [-0.1, -0.05) is 48.5 Å². The SMILES string of the molecule is Cc1ccc(C)c(NC(=O)[C@@H](C)Nc2nc(Nc3ccccc3)nc(Nc3ccccc3)n2)c1. The number of para-hydroxylation sites is 2. The topological polar surface area (TPSA) is 104 Å². The minimum Gasteiger partial charge on any atom is -0.342 e. The molecule has 1 amide bonds. The fraction of sp³-hybridized carbons (Fsp3) is 0.154. The molecule has 0 aliphatic rings. The Hall–Kier alpha value is -4.46. The van der Waals surface area contributed by atoms with Crippen molar-refractivity contribution in [2.75, 3.05) is 21.3 Å². The number of carbonyl (C=O) groups excluding carboxylic acids is 1. The summed E-state index contributed by atoms with van der Waals surface area (Å²) in [7, 11) is 0. The summed E-state index contributed by atoms with van der Waals surface area (Å²) in [6.07, 6.45) is 0. The molecular formula is C26H27N7O. The summed E-state index contributed by atoms with van der Waals surface area (Å²) < 4.78 is 0. The molecule has 1 atom stereocenters. The van der Waals surface area contributed by atoms with Crippen molar-refractivity contribution >= 4 is 40.8 Å². The van der Waals surface area contributed by atoms with Crippen molar-refractivity contribution in [3.63, 3.8) is 0 Å². The van der Waals surface area contributed by atoms with Crippen LogP contribution in [-0.2, 0) is 4.79 Å². The molecule has 8 nitrogen and oxygen atoms in total. The lowest BCUT2D eigenvalue weighted by Crippen LogP contribution is -2.33. The highest BCUT2D eigenvalue weighted by atomic mass is 16.2. The Morgan fingerprint density at radius 3 is 1.82 bits per heavy atom. The summed E-state index contributed by atoms with van der Waals surface area (Å²) >= 11 is 0. The maximum absolute atomic E-state index is 12.9. The van der Waals surface area contributed by atoms with Gasteiger partial charge in [-0.3, -0.25) is 4.79 Å². The van der Waals surface area contributed by atoms with Crippen LogP contribution in [0.5, 0.6) is 0 Å². The third kappa shape index (κ3) is 6.07. The Bertz CT molecular complexity index is 1200. The summed E-state index contributed by atoms with van der Waals surface area (Å²) in [5.74, 6) is 0.785. The van der Waals surface area contributed by atoms with Gasteiger partial charge in [0.1, 0.15) is 6.04 Å². The number of nitrogens with zero attached hydrogens (tertiary/aromatic N) is 3. The van der Waals surface area contributed by atoms with Gasteiger partial charge < -0.3 is 21.3 Å². The molecule has 8 heteroatoms. The standard InChI is InChI=1S/C26H27N7O/c1-17-14-15-18(2)22(16-17)30-23(34)19(3)27-24-31-25(28-20-10-6-4-7-11-20)33-26(32-24)29-21-12-8-5-9-13-21/h4-16,19H,1-3H3,(H,30,34)(H3,27,28,29,31,32,33)/t19-/m1/s1. The van der Waals surface area contributed by atoms with E-state index in [-0.39, 0.29) is 11.9 Å². The second kappa shape index (κ2) is 10.4. The van der Waals surface area contributed by atoms with E-state index in [9.17, 15) is 4.79 Å². The molecular weight excluding hydrogens is 426 g/mol. The van der Waals surface area contributed by atoms with Crippen LogP contribution in [-0.4, -0.2) is 26.9 Å². The van der Waals surface area contributed by atoms with Crippen LogP contribution in [0.2, 0.25) is 0 Å². The van der Waals surface area contributed by atoms with Crippen molar-refractivity contribution in [2.24, 2.45) is 0 Å². The molecule has 4 aromatic rings. The number of benzene rings is 3. The largest absolute Gasteiger partial charge is 0.342 e. The van der Waals surface area contributed by atoms with E-state index >= 15 is 0 Å². The molecule has 0 spiro atoms. The summed E-state index contributed by atoms with van der Waals surface area (Å²) in [5.41, 5.74) is 4.53. The van der Waals surface area contributed by atoms with E-state index in [4.69, 9.17) is 0 Å². The fourth-order valence-corrected chi connectivity index (χ4v) is 3.22. The number of rotatable bonds is 8. The van der Waals surface area contributed by atoms with Crippen LogP contribution in [0.15, 0.2) is 78.9 Å². The molecule has 0 saturated carbocycles. The number of hydrogen-bond acceptors (Lipinski definition) is 7. The average molecular weight is 454 g/mol. The molecule has 0 aliphatic heterocycles. The van der Waals surface area contributed by atoms with Gasteiger partial charge in [-0.05, 0) is 62.2 Å². The van der Waals surface area contributed by atoms with Gasteiger partial charge in [0, 0.05) is 17.1 Å². The first-order valence-electron chi connectivity index (χ1n) is 11.0. The Kier molecular flexibility index (Phi) is 6.98. The van der Waals surface area contributed by atoms with Crippen molar-refractivity contribution in [3.8, 4) is 0 Å². The molecule has 4 rings (SSSR count). The Balaban J connectivity index is 1.55. The minimum atomic E-state index is -0.587. The quantitative estimate of drug-likeness (QED) is 0.283. The number of hydrogen-bond donors (Lipinski definition) is 4. The van der Waals surface area contributed by atoms with E-state index in [0.717, 1.165) is 28.2 Å². The second-order valence-electron chi connectivity index (χ2n) is 7.96. The summed E-state index contributed by atoms with van der Waals surface area (Å²) in [6, 6.07) is 24.6. The van der Waals surface area contributed by atoms with Crippen molar-refractivity contribution in [1.29, 1.82) is 0 Å². The second-order valence-corrected chi connectivity index (χ2v) is 7.96. The first kappa shape index (κ1) is 22.7. The first-order chi connectivity index (χ1) is 16.5. The first-order valence-corrected chi connectivity index (χ1v) is 11.0. The number of anilines is 6. The predicted octanol–water partition coefficient (Wildman–Crippen LogP) is 5.41. The molecule has 0 aliphatic carbocycles. The number of nitrogens with one attached hydrogen (secondary N) is 4. The van der Waals surface area contributed by atoms with Crippen molar-refractivity contribution in [3.05, 3.63) is 90.0 Å². The monoisotopic (exact) mass is 453 g/mol. The lowest BCUT2D eigenvalue weighted by atomic mass is 10.1. The number of aromatic nitrogens is 3. The van der Waals surface area contributed by atoms with E-state index in [2.05, 4.69) is 36.2 Å². The fourth-order valence-electron chi connectivity index (χ4n) is 3.22. The van der Waals surface area contributed by atoms with E-state index in [0.29, 0.717) is 11.9 Å². The zero-order valence-electron chi connectivity index (χ0n) is 19.3. The van der Waals surface area contributed by atoms with Crippen molar-refractivity contribution in [2.45, 2.75) is 26.8 Å². The van der Waals surface area contributed by atoms with Crippen molar-refractivity contribution < 1.29 is 4.79 Å². The maximum Gasteiger partial charge on any atom is 0.246 e. The third-order valence-electron chi connectivity index (χ3n) is 5.09. The minimum absolute atomic E-state index is 0.191. The summed E-state index contributed by atoms with van der Waals surface area (Å²) in [5, 5.41) is 12.4. The lowest BCUT2D eigenvalue weighted by Gasteiger charge is -2.17. The van der Waals surface area contributed by atoms with Crippen LogP contribution in [0, 0.1) is 13.8 Å². The van der Waals surface area contributed by atoms with Gasteiger partial charge in [-0.25, -0.2) is 0 Å². The zero-order chi connectivity index (χ0) is 23.9. The van der Waals surface area contributed by atoms with Gasteiger partial charge >= 0.3 is 0 Å². The molecule has 1 aromatic heterocycles. The highest BCUT2D eigenvalue weighted by Gasteiger charge is 2.17. The van der Waals surface area contributed by atoms with Crippen LogP contribution in [0.3, 0.4) is 0 Å². The number of amides is 1.